The van der Waals surface area contributed by atoms with Crippen molar-refractivity contribution in [3.63, 3.8) is 0 Å². The number of aryl methyl sites for hydroxylation is 1. The van der Waals surface area contributed by atoms with Crippen LogP contribution in [0.1, 0.15) is 11.1 Å². The first-order valence-corrected chi connectivity index (χ1v) is 7.28. The summed E-state index contributed by atoms with van der Waals surface area (Å²) in [7, 11) is 0. The third kappa shape index (κ3) is 3.29. The Morgan fingerprint density at radius 2 is 2.05 bits per heavy atom. The molecule has 2 aromatic rings. The molecule has 2 nitrogen and oxygen atoms in total. The van der Waals surface area contributed by atoms with Crippen LogP contribution in [0.3, 0.4) is 0 Å². The number of halogens is 3. The van der Waals surface area contributed by atoms with Gasteiger partial charge in [0, 0.05) is 15.7 Å². The molecule has 0 aliphatic heterocycles. The van der Waals surface area contributed by atoms with Crippen LogP contribution in [0.2, 0.25) is 5.02 Å². The van der Waals surface area contributed by atoms with Crippen molar-refractivity contribution in [2.75, 3.05) is 5.32 Å². The third-order valence-electron chi connectivity index (χ3n) is 2.77. The summed E-state index contributed by atoms with van der Waals surface area (Å²) in [6, 6.07) is 8.19. The minimum Gasteiger partial charge on any atom is -0.389 e. The molecule has 0 amide bonds. The second-order valence-electron chi connectivity index (χ2n) is 4.26. The van der Waals surface area contributed by atoms with Gasteiger partial charge in [0.2, 0.25) is 0 Å². The quantitative estimate of drug-likeness (QED) is 0.749. The van der Waals surface area contributed by atoms with Gasteiger partial charge in [0.15, 0.2) is 0 Å². The van der Waals surface area contributed by atoms with E-state index in [1.54, 1.807) is 0 Å². The summed E-state index contributed by atoms with van der Waals surface area (Å²) in [6.07, 6.45) is 0. The molecule has 0 aromatic heterocycles. The molecule has 104 valence electrons. The average molecular weight is 374 g/mol. The Balaban J connectivity index is 2.36. The van der Waals surface area contributed by atoms with E-state index < -0.39 is 5.82 Å². The van der Waals surface area contributed by atoms with Gasteiger partial charge in [-0.05, 0) is 58.7 Å². The molecule has 2 aromatic carbocycles. The van der Waals surface area contributed by atoms with E-state index in [9.17, 15) is 4.39 Å². The summed E-state index contributed by atoms with van der Waals surface area (Å²) in [4.78, 5) is 0.357. The van der Waals surface area contributed by atoms with Crippen LogP contribution in [-0.4, -0.2) is 4.99 Å². The summed E-state index contributed by atoms with van der Waals surface area (Å²) < 4.78 is 13.7. The van der Waals surface area contributed by atoms with Crippen LogP contribution in [0, 0.1) is 12.7 Å². The number of thiocarbonyl (C=S) groups is 1. The van der Waals surface area contributed by atoms with Gasteiger partial charge in [0.1, 0.15) is 10.8 Å². The van der Waals surface area contributed by atoms with Crippen molar-refractivity contribution in [2.24, 2.45) is 5.73 Å². The summed E-state index contributed by atoms with van der Waals surface area (Å²) in [5, 5.41) is 3.44. The fraction of sp³-hybridized carbons (Fsp3) is 0.0714. The van der Waals surface area contributed by atoms with Gasteiger partial charge >= 0.3 is 0 Å². The molecular formula is C14H11BrClFN2S. The van der Waals surface area contributed by atoms with E-state index in [4.69, 9.17) is 29.6 Å². The first-order valence-electron chi connectivity index (χ1n) is 5.70. The van der Waals surface area contributed by atoms with E-state index in [1.807, 2.05) is 25.1 Å². The molecule has 0 aliphatic carbocycles. The predicted octanol–water partition coefficient (Wildman–Crippen LogP) is 4.93. The first kappa shape index (κ1) is 15.2. The van der Waals surface area contributed by atoms with Gasteiger partial charge in [-0.15, -0.1) is 0 Å². The van der Waals surface area contributed by atoms with Crippen LogP contribution in [0.5, 0.6) is 0 Å². The molecule has 6 heteroatoms. The predicted molar refractivity (Wildman–Crippen MR) is 89.5 cm³/mol. The van der Waals surface area contributed by atoms with Crippen molar-refractivity contribution in [1.82, 2.24) is 0 Å². The van der Waals surface area contributed by atoms with Crippen LogP contribution in [-0.2, 0) is 0 Å². The molecule has 0 saturated carbocycles. The van der Waals surface area contributed by atoms with Crippen LogP contribution in [0.4, 0.5) is 15.8 Å². The van der Waals surface area contributed by atoms with Crippen LogP contribution in [0.25, 0.3) is 0 Å². The molecule has 0 fully saturated rings. The van der Waals surface area contributed by atoms with Gasteiger partial charge in [-0.2, -0.15) is 0 Å². The zero-order valence-electron chi connectivity index (χ0n) is 10.5. The normalized spacial score (nSPS) is 10.4. The van der Waals surface area contributed by atoms with Gasteiger partial charge in [0.25, 0.3) is 0 Å². The van der Waals surface area contributed by atoms with Crippen LogP contribution in [0.15, 0.2) is 34.8 Å². The second kappa shape index (κ2) is 6.08. The first-order chi connectivity index (χ1) is 9.38. The summed E-state index contributed by atoms with van der Waals surface area (Å²) in [5.74, 6) is -0.396. The Morgan fingerprint density at radius 1 is 1.35 bits per heavy atom. The van der Waals surface area contributed by atoms with Crippen molar-refractivity contribution in [3.8, 4) is 0 Å². The van der Waals surface area contributed by atoms with Crippen LogP contribution < -0.4 is 11.1 Å². The Morgan fingerprint density at radius 3 is 2.60 bits per heavy atom. The van der Waals surface area contributed by atoms with Crippen molar-refractivity contribution < 1.29 is 4.39 Å². The smallest absolute Gasteiger partial charge is 0.125 e. The zero-order valence-corrected chi connectivity index (χ0v) is 13.7. The molecule has 2 rings (SSSR count). The standard InChI is InChI=1S/C14H11BrClFN2S/c1-7-4-9(2-3-10(7)14(18)20)19-13-11(15)5-8(17)6-12(13)16/h2-6,19H,1H3,(H2,18,20). The monoisotopic (exact) mass is 372 g/mol. The Bertz CT molecular complexity index is 668. The van der Waals surface area contributed by atoms with Crippen molar-refractivity contribution in [3.05, 3.63) is 56.8 Å². The third-order valence-corrected chi connectivity index (χ3v) is 3.91. The summed E-state index contributed by atoms with van der Waals surface area (Å²) in [6.45, 7) is 1.92. The lowest BCUT2D eigenvalue weighted by Gasteiger charge is -2.13. The molecule has 3 N–H and O–H groups in total. The molecule has 0 saturated heterocycles. The van der Waals surface area contributed by atoms with Crippen molar-refractivity contribution >= 4 is 56.1 Å². The summed E-state index contributed by atoms with van der Waals surface area (Å²) >= 11 is 14.3. The molecule has 0 radical (unpaired) electrons. The van der Waals surface area contributed by atoms with Gasteiger partial charge in [-0.1, -0.05) is 23.8 Å². The molecule has 0 aliphatic rings. The lowest BCUT2D eigenvalue weighted by Crippen LogP contribution is -2.11. The highest BCUT2D eigenvalue weighted by Gasteiger charge is 2.09. The molecule has 0 spiro atoms. The Hall–Kier alpha value is -1.17. The maximum atomic E-state index is 13.2. The van der Waals surface area contributed by atoms with Gasteiger partial charge in [-0.3, -0.25) is 0 Å². The van der Waals surface area contributed by atoms with Crippen molar-refractivity contribution in [1.29, 1.82) is 0 Å². The minimum atomic E-state index is -0.396. The highest BCUT2D eigenvalue weighted by molar-refractivity contribution is 9.10. The van der Waals surface area contributed by atoms with Gasteiger partial charge in [0.05, 0.1) is 10.7 Å². The fourth-order valence-electron chi connectivity index (χ4n) is 1.82. The summed E-state index contributed by atoms with van der Waals surface area (Å²) in [5.41, 5.74) is 8.83. The molecular weight excluding hydrogens is 363 g/mol. The SMILES string of the molecule is Cc1cc(Nc2c(Cl)cc(F)cc2Br)ccc1C(N)=S. The Kier molecular flexibility index (Phi) is 4.62. The maximum absolute atomic E-state index is 13.2. The zero-order chi connectivity index (χ0) is 14.9. The highest BCUT2D eigenvalue weighted by atomic mass is 79.9. The number of rotatable bonds is 3. The van der Waals surface area contributed by atoms with E-state index in [2.05, 4.69) is 21.2 Å². The topological polar surface area (TPSA) is 38.0 Å². The van der Waals surface area contributed by atoms with Gasteiger partial charge < -0.3 is 11.1 Å². The Labute approximate surface area is 135 Å². The van der Waals surface area contributed by atoms with E-state index in [1.165, 1.54) is 12.1 Å². The number of nitrogens with one attached hydrogen (secondary N) is 1. The maximum Gasteiger partial charge on any atom is 0.125 e. The van der Waals surface area contributed by atoms with E-state index in [0.29, 0.717) is 20.2 Å². The molecule has 0 bridgehead atoms. The molecule has 0 unspecified atom stereocenters. The molecule has 0 atom stereocenters. The van der Waals surface area contributed by atoms with E-state index in [0.717, 1.165) is 16.8 Å². The number of nitrogens with two attached hydrogens (primary N) is 1. The number of hydrogen-bond acceptors (Lipinski definition) is 2. The molecule has 0 heterocycles. The average Bonchev–Trinajstić information content (AvgIpc) is 2.33. The number of anilines is 2. The highest BCUT2D eigenvalue weighted by Crippen LogP contribution is 2.34. The number of hydrogen-bond donors (Lipinski definition) is 2. The lowest BCUT2D eigenvalue weighted by molar-refractivity contribution is 0.627. The van der Waals surface area contributed by atoms with E-state index >= 15 is 0 Å². The van der Waals surface area contributed by atoms with Crippen molar-refractivity contribution in [2.45, 2.75) is 6.92 Å². The number of benzene rings is 2. The lowest BCUT2D eigenvalue weighted by atomic mass is 10.1. The van der Waals surface area contributed by atoms with E-state index in [-0.39, 0.29) is 0 Å². The van der Waals surface area contributed by atoms with Crippen LogP contribution >= 0.6 is 39.7 Å². The van der Waals surface area contributed by atoms with Gasteiger partial charge in [-0.25, -0.2) is 4.39 Å². The minimum absolute atomic E-state index is 0.299. The largest absolute Gasteiger partial charge is 0.389 e. The second-order valence-corrected chi connectivity index (χ2v) is 5.96. The fourth-order valence-corrected chi connectivity index (χ4v) is 2.95. The molecule has 20 heavy (non-hydrogen) atoms.